The summed E-state index contributed by atoms with van der Waals surface area (Å²) in [5.74, 6) is -1.20. The zero-order valence-corrected chi connectivity index (χ0v) is 13.8. The molecule has 0 radical (unpaired) electrons. The number of furan rings is 1. The number of nitrogens with zero attached hydrogens (tertiary/aromatic N) is 1. The lowest BCUT2D eigenvalue weighted by Gasteiger charge is -2.11. The topological polar surface area (TPSA) is 140 Å². The number of aromatic nitrogens is 2. The molecule has 2 rings (SSSR count). The average Bonchev–Trinajstić information content (AvgIpc) is 3.05. The van der Waals surface area contributed by atoms with E-state index in [9.17, 15) is 14.4 Å². The number of carbonyl (C=O) groups excluding carboxylic acids is 2. The van der Waals surface area contributed by atoms with Crippen LogP contribution in [0.2, 0.25) is 0 Å². The molecule has 10 heteroatoms. The molecule has 9 nitrogen and oxygen atoms in total. The highest BCUT2D eigenvalue weighted by atomic mass is 32.2. The third-order valence-electron chi connectivity index (χ3n) is 2.82. The second kappa shape index (κ2) is 7.68. The highest BCUT2D eigenvalue weighted by molar-refractivity contribution is 8.00. The molecule has 0 saturated carbocycles. The number of esters is 1. The Hall–Kier alpha value is -2.75. The van der Waals surface area contributed by atoms with Gasteiger partial charge in [0.1, 0.15) is 5.25 Å². The third kappa shape index (κ3) is 4.16. The van der Waals surface area contributed by atoms with Gasteiger partial charge in [0, 0.05) is 0 Å². The Morgan fingerprint density at radius 2 is 2.29 bits per heavy atom. The maximum atomic E-state index is 12.1. The van der Waals surface area contributed by atoms with Gasteiger partial charge >= 0.3 is 5.97 Å². The first-order valence-electron chi connectivity index (χ1n) is 7.00. The van der Waals surface area contributed by atoms with Crippen molar-refractivity contribution in [2.24, 2.45) is 0 Å². The number of carbonyl (C=O) groups is 2. The second-order valence-corrected chi connectivity index (χ2v) is 5.90. The van der Waals surface area contributed by atoms with Gasteiger partial charge < -0.3 is 20.2 Å². The van der Waals surface area contributed by atoms with Gasteiger partial charge in [-0.3, -0.25) is 19.4 Å². The van der Waals surface area contributed by atoms with Crippen LogP contribution in [-0.2, 0) is 9.53 Å². The summed E-state index contributed by atoms with van der Waals surface area (Å²) in [4.78, 5) is 42.0. The number of nitrogen functional groups attached to an aromatic ring is 1. The molecule has 0 aliphatic carbocycles. The lowest BCUT2D eigenvalue weighted by atomic mass is 10.4. The van der Waals surface area contributed by atoms with Crippen molar-refractivity contribution in [2.45, 2.75) is 24.3 Å². The molecule has 0 aromatic carbocycles. The van der Waals surface area contributed by atoms with Crippen molar-refractivity contribution < 1.29 is 18.7 Å². The van der Waals surface area contributed by atoms with Crippen LogP contribution in [0.5, 0.6) is 0 Å². The van der Waals surface area contributed by atoms with Crippen molar-refractivity contribution in [3.8, 4) is 0 Å². The van der Waals surface area contributed by atoms with Gasteiger partial charge in [-0.15, -0.1) is 0 Å². The number of hydrogen-bond donors (Lipinski definition) is 3. The molecule has 2 aromatic rings. The van der Waals surface area contributed by atoms with Crippen LogP contribution in [0.4, 0.5) is 11.5 Å². The van der Waals surface area contributed by atoms with Crippen LogP contribution in [0.1, 0.15) is 24.4 Å². The van der Waals surface area contributed by atoms with Gasteiger partial charge in [-0.25, -0.2) is 4.98 Å². The number of ether oxygens (including phenoxy) is 1. The van der Waals surface area contributed by atoms with E-state index in [0.29, 0.717) is 0 Å². The molecule has 0 aliphatic heterocycles. The van der Waals surface area contributed by atoms with E-state index in [1.54, 1.807) is 13.8 Å². The van der Waals surface area contributed by atoms with Gasteiger partial charge in [0.15, 0.2) is 22.4 Å². The zero-order chi connectivity index (χ0) is 17.7. The monoisotopic (exact) mass is 352 g/mol. The van der Waals surface area contributed by atoms with Crippen LogP contribution in [0.3, 0.4) is 0 Å². The molecule has 4 N–H and O–H groups in total. The molecule has 0 bridgehead atoms. The van der Waals surface area contributed by atoms with Gasteiger partial charge in [0.25, 0.3) is 11.5 Å². The molecule has 2 heterocycles. The number of rotatable bonds is 6. The quantitative estimate of drug-likeness (QED) is 0.401. The van der Waals surface area contributed by atoms with Crippen LogP contribution >= 0.6 is 11.8 Å². The van der Waals surface area contributed by atoms with Crippen molar-refractivity contribution in [3.63, 3.8) is 0 Å². The first-order chi connectivity index (χ1) is 11.4. The Kier molecular flexibility index (Phi) is 5.64. The Balaban J connectivity index is 2.15. The highest BCUT2D eigenvalue weighted by Crippen LogP contribution is 2.22. The fraction of sp³-hybridized carbons (Fsp3) is 0.286. The molecule has 0 unspecified atom stereocenters. The van der Waals surface area contributed by atoms with E-state index in [4.69, 9.17) is 14.9 Å². The summed E-state index contributed by atoms with van der Waals surface area (Å²) >= 11 is 0.993. The lowest BCUT2D eigenvalue weighted by Crippen LogP contribution is -2.23. The smallest absolute Gasteiger partial charge is 0.319 e. The number of nitrogens with two attached hydrogens (primary N) is 1. The fourth-order valence-electron chi connectivity index (χ4n) is 1.70. The van der Waals surface area contributed by atoms with Crippen LogP contribution < -0.4 is 16.6 Å². The number of nitrogens with one attached hydrogen (secondary N) is 2. The highest BCUT2D eigenvalue weighted by Gasteiger charge is 2.19. The van der Waals surface area contributed by atoms with Crippen molar-refractivity contribution in [1.82, 2.24) is 9.97 Å². The molecule has 1 atom stereocenters. The third-order valence-corrected chi connectivity index (χ3v) is 3.78. The molecular formula is C14H16N4O5S. The van der Waals surface area contributed by atoms with Crippen LogP contribution in [0.15, 0.2) is 32.8 Å². The average molecular weight is 352 g/mol. The standard InChI is InChI=1S/C14H16N4O5S/c1-3-22-13(21)7(2)24-14-17-10(15)9(12(20)18-14)16-11(19)8-5-4-6-23-8/h4-7H,3H2,1-2H3,(H,16,19)(H3,15,17,18,20)/t7-/m1/s1. The van der Waals surface area contributed by atoms with Gasteiger partial charge in [-0.2, -0.15) is 0 Å². The maximum absolute atomic E-state index is 12.1. The van der Waals surface area contributed by atoms with E-state index < -0.39 is 22.7 Å². The first-order valence-corrected chi connectivity index (χ1v) is 7.88. The number of aromatic amines is 1. The largest absolute Gasteiger partial charge is 0.465 e. The molecule has 24 heavy (non-hydrogen) atoms. The summed E-state index contributed by atoms with van der Waals surface area (Å²) in [5.41, 5.74) is 4.90. The van der Waals surface area contributed by atoms with E-state index in [1.807, 2.05) is 0 Å². The lowest BCUT2D eigenvalue weighted by molar-refractivity contribution is -0.142. The van der Waals surface area contributed by atoms with Crippen LogP contribution in [0.25, 0.3) is 0 Å². The first kappa shape index (κ1) is 17.6. The normalized spacial score (nSPS) is 11.8. The van der Waals surface area contributed by atoms with E-state index >= 15 is 0 Å². The number of thioether (sulfide) groups is 1. The van der Waals surface area contributed by atoms with Crippen LogP contribution in [0, 0.1) is 0 Å². The van der Waals surface area contributed by atoms with Gasteiger partial charge in [0.2, 0.25) is 0 Å². The molecule has 0 spiro atoms. The summed E-state index contributed by atoms with van der Waals surface area (Å²) < 4.78 is 9.81. The molecule has 0 aliphatic rings. The maximum Gasteiger partial charge on any atom is 0.319 e. The fourth-order valence-corrected chi connectivity index (χ4v) is 2.51. The van der Waals surface area contributed by atoms with E-state index in [-0.39, 0.29) is 29.0 Å². The number of anilines is 2. The molecule has 0 fully saturated rings. The SMILES string of the molecule is CCOC(=O)[C@@H](C)Sc1nc(N)c(NC(=O)c2ccco2)c(=O)[nH]1. The van der Waals surface area contributed by atoms with Crippen molar-refractivity contribution in [3.05, 3.63) is 34.5 Å². The zero-order valence-electron chi connectivity index (χ0n) is 13.0. The van der Waals surface area contributed by atoms with Crippen molar-refractivity contribution in [1.29, 1.82) is 0 Å². The second-order valence-electron chi connectivity index (χ2n) is 4.57. The molecular weight excluding hydrogens is 336 g/mol. The Morgan fingerprint density at radius 3 is 2.88 bits per heavy atom. The minimum atomic E-state index is -0.638. The summed E-state index contributed by atoms with van der Waals surface area (Å²) in [5, 5.41) is 1.91. The Labute approximate surface area is 141 Å². The summed E-state index contributed by atoms with van der Waals surface area (Å²) in [6, 6.07) is 2.98. The van der Waals surface area contributed by atoms with Gasteiger partial charge in [0.05, 0.1) is 12.9 Å². The Bertz CT molecular complexity index is 787. The van der Waals surface area contributed by atoms with E-state index in [1.165, 1.54) is 18.4 Å². The van der Waals surface area contributed by atoms with E-state index in [0.717, 1.165) is 11.8 Å². The molecule has 1 amide bonds. The van der Waals surface area contributed by atoms with Crippen molar-refractivity contribution >= 4 is 35.1 Å². The molecule has 128 valence electrons. The minimum Gasteiger partial charge on any atom is -0.465 e. The predicted octanol–water partition coefficient (Wildman–Crippen LogP) is 1.24. The number of hydrogen-bond acceptors (Lipinski definition) is 8. The van der Waals surface area contributed by atoms with Gasteiger partial charge in [-0.05, 0) is 26.0 Å². The number of H-pyrrole nitrogens is 1. The number of amides is 1. The summed E-state index contributed by atoms with van der Waals surface area (Å²) in [7, 11) is 0. The molecule has 2 aromatic heterocycles. The molecule has 0 saturated heterocycles. The van der Waals surface area contributed by atoms with E-state index in [2.05, 4.69) is 15.3 Å². The predicted molar refractivity (Wildman–Crippen MR) is 87.9 cm³/mol. The summed E-state index contributed by atoms with van der Waals surface area (Å²) in [6.07, 6.45) is 1.33. The van der Waals surface area contributed by atoms with Gasteiger partial charge in [-0.1, -0.05) is 11.8 Å². The van der Waals surface area contributed by atoms with Crippen LogP contribution in [-0.4, -0.2) is 33.7 Å². The minimum absolute atomic E-state index is 0.0307. The summed E-state index contributed by atoms with van der Waals surface area (Å²) in [6.45, 7) is 3.57. The van der Waals surface area contributed by atoms with Crippen molar-refractivity contribution in [2.75, 3.05) is 17.7 Å². The Morgan fingerprint density at radius 1 is 1.54 bits per heavy atom.